The molecule has 1 aromatic rings. The molecule has 0 atom stereocenters. The summed E-state index contributed by atoms with van der Waals surface area (Å²) in [4.78, 5) is 19.0. The third kappa shape index (κ3) is 5.07. The molecule has 0 fully saturated rings. The standard InChI is InChI=1S/C10H16N4O/c11-5-3-1-2-4-10(15)14-9-6-12-8-13-7-9/h6-8H,1-5,11H2,(H,14,15). The van der Waals surface area contributed by atoms with Gasteiger partial charge in [-0.25, -0.2) is 9.97 Å². The number of hydrogen-bond donors (Lipinski definition) is 2. The molecule has 1 heterocycles. The summed E-state index contributed by atoms with van der Waals surface area (Å²) >= 11 is 0. The van der Waals surface area contributed by atoms with Crippen molar-refractivity contribution in [3.05, 3.63) is 18.7 Å². The maximum Gasteiger partial charge on any atom is 0.224 e. The summed E-state index contributed by atoms with van der Waals surface area (Å²) in [5, 5.41) is 2.72. The van der Waals surface area contributed by atoms with E-state index in [1.165, 1.54) is 6.33 Å². The number of nitrogens with two attached hydrogens (primary N) is 1. The molecule has 1 amide bonds. The van der Waals surface area contributed by atoms with E-state index >= 15 is 0 Å². The third-order valence-electron chi connectivity index (χ3n) is 1.95. The zero-order chi connectivity index (χ0) is 10.9. The van der Waals surface area contributed by atoms with Crippen molar-refractivity contribution in [2.75, 3.05) is 11.9 Å². The Morgan fingerprint density at radius 3 is 2.67 bits per heavy atom. The second kappa shape index (κ2) is 6.89. The van der Waals surface area contributed by atoms with Crippen molar-refractivity contribution in [3.63, 3.8) is 0 Å². The molecule has 0 radical (unpaired) electrons. The number of carbonyl (C=O) groups is 1. The van der Waals surface area contributed by atoms with Crippen LogP contribution in [0.1, 0.15) is 25.7 Å². The Labute approximate surface area is 89.1 Å². The summed E-state index contributed by atoms with van der Waals surface area (Å²) in [7, 11) is 0. The molecule has 15 heavy (non-hydrogen) atoms. The highest BCUT2D eigenvalue weighted by Gasteiger charge is 2.01. The van der Waals surface area contributed by atoms with Crippen molar-refractivity contribution < 1.29 is 4.79 Å². The molecule has 0 unspecified atom stereocenters. The van der Waals surface area contributed by atoms with E-state index < -0.39 is 0 Å². The zero-order valence-corrected chi connectivity index (χ0v) is 8.65. The van der Waals surface area contributed by atoms with Gasteiger partial charge in [-0.2, -0.15) is 0 Å². The van der Waals surface area contributed by atoms with E-state index in [9.17, 15) is 4.79 Å². The average molecular weight is 208 g/mol. The Bertz CT molecular complexity index is 289. The van der Waals surface area contributed by atoms with Crippen LogP contribution in [0.2, 0.25) is 0 Å². The molecule has 0 aromatic carbocycles. The van der Waals surface area contributed by atoms with Gasteiger partial charge in [0.25, 0.3) is 0 Å². The number of hydrogen-bond acceptors (Lipinski definition) is 4. The first-order valence-corrected chi connectivity index (χ1v) is 5.08. The summed E-state index contributed by atoms with van der Waals surface area (Å²) in [5.74, 6) is 0.00169. The number of nitrogens with zero attached hydrogens (tertiary/aromatic N) is 2. The van der Waals surface area contributed by atoms with Crippen molar-refractivity contribution in [2.45, 2.75) is 25.7 Å². The SMILES string of the molecule is NCCCCCC(=O)Nc1cncnc1. The van der Waals surface area contributed by atoms with E-state index in [0.29, 0.717) is 18.7 Å². The van der Waals surface area contributed by atoms with Gasteiger partial charge in [-0.3, -0.25) is 4.79 Å². The summed E-state index contributed by atoms with van der Waals surface area (Å²) < 4.78 is 0. The predicted octanol–water partition coefficient (Wildman–Crippen LogP) is 0.934. The van der Waals surface area contributed by atoms with Crippen LogP contribution in [0, 0.1) is 0 Å². The smallest absolute Gasteiger partial charge is 0.224 e. The third-order valence-corrected chi connectivity index (χ3v) is 1.95. The van der Waals surface area contributed by atoms with Crippen molar-refractivity contribution >= 4 is 11.6 Å². The first-order valence-electron chi connectivity index (χ1n) is 5.08. The molecule has 0 bridgehead atoms. The minimum absolute atomic E-state index is 0.00169. The van der Waals surface area contributed by atoms with Gasteiger partial charge in [0.1, 0.15) is 6.33 Å². The Hall–Kier alpha value is -1.49. The number of carbonyl (C=O) groups excluding carboxylic acids is 1. The van der Waals surface area contributed by atoms with Gasteiger partial charge in [0.2, 0.25) is 5.91 Å². The summed E-state index contributed by atoms with van der Waals surface area (Å²) in [6, 6.07) is 0. The van der Waals surface area contributed by atoms with Gasteiger partial charge in [0.15, 0.2) is 0 Å². The van der Waals surface area contributed by atoms with Crippen LogP contribution in [0.15, 0.2) is 18.7 Å². The number of anilines is 1. The highest BCUT2D eigenvalue weighted by Crippen LogP contribution is 2.04. The van der Waals surface area contributed by atoms with E-state index in [1.807, 2.05) is 0 Å². The Morgan fingerprint density at radius 1 is 1.27 bits per heavy atom. The molecule has 1 rings (SSSR count). The second-order valence-electron chi connectivity index (χ2n) is 3.27. The predicted molar refractivity (Wildman–Crippen MR) is 58.2 cm³/mol. The molecule has 5 nitrogen and oxygen atoms in total. The quantitative estimate of drug-likeness (QED) is 0.681. The van der Waals surface area contributed by atoms with Gasteiger partial charge < -0.3 is 11.1 Å². The Kier molecular flexibility index (Phi) is 5.32. The fourth-order valence-electron chi connectivity index (χ4n) is 1.19. The lowest BCUT2D eigenvalue weighted by atomic mass is 10.2. The maximum absolute atomic E-state index is 11.4. The first-order chi connectivity index (χ1) is 7.33. The first kappa shape index (κ1) is 11.6. The molecule has 5 heteroatoms. The molecule has 0 spiro atoms. The highest BCUT2D eigenvalue weighted by molar-refractivity contribution is 5.90. The fraction of sp³-hybridized carbons (Fsp3) is 0.500. The van der Waals surface area contributed by atoms with Gasteiger partial charge in [-0.05, 0) is 19.4 Å². The van der Waals surface area contributed by atoms with Gasteiger partial charge in [0.05, 0.1) is 18.1 Å². The minimum atomic E-state index is 0.00169. The maximum atomic E-state index is 11.4. The molecule has 0 saturated heterocycles. The second-order valence-corrected chi connectivity index (χ2v) is 3.27. The Balaban J connectivity index is 2.19. The van der Waals surface area contributed by atoms with E-state index in [4.69, 9.17) is 5.73 Å². The van der Waals surface area contributed by atoms with Crippen LogP contribution < -0.4 is 11.1 Å². The highest BCUT2D eigenvalue weighted by atomic mass is 16.1. The molecule has 0 saturated carbocycles. The molecule has 0 aliphatic rings. The molecular formula is C10H16N4O. The van der Waals surface area contributed by atoms with Gasteiger partial charge in [-0.1, -0.05) is 6.42 Å². The lowest BCUT2D eigenvalue weighted by Crippen LogP contribution is -2.11. The zero-order valence-electron chi connectivity index (χ0n) is 8.65. The van der Waals surface area contributed by atoms with Gasteiger partial charge in [0, 0.05) is 6.42 Å². The molecule has 0 aliphatic heterocycles. The number of amides is 1. The van der Waals surface area contributed by atoms with Crippen molar-refractivity contribution in [3.8, 4) is 0 Å². The molecule has 3 N–H and O–H groups in total. The molecule has 0 aliphatic carbocycles. The molecule has 1 aromatic heterocycles. The fourth-order valence-corrected chi connectivity index (χ4v) is 1.19. The summed E-state index contributed by atoms with van der Waals surface area (Å²) in [6.07, 6.45) is 7.94. The van der Waals surface area contributed by atoms with E-state index in [2.05, 4.69) is 15.3 Å². The van der Waals surface area contributed by atoms with E-state index in [-0.39, 0.29) is 5.91 Å². The van der Waals surface area contributed by atoms with Crippen LogP contribution in [-0.2, 0) is 4.79 Å². The van der Waals surface area contributed by atoms with Crippen LogP contribution >= 0.6 is 0 Å². The van der Waals surface area contributed by atoms with Crippen molar-refractivity contribution in [1.29, 1.82) is 0 Å². The number of nitrogens with one attached hydrogen (secondary N) is 1. The lowest BCUT2D eigenvalue weighted by Gasteiger charge is -2.03. The van der Waals surface area contributed by atoms with Gasteiger partial charge in [-0.15, -0.1) is 0 Å². The molecular weight excluding hydrogens is 192 g/mol. The van der Waals surface area contributed by atoms with E-state index in [1.54, 1.807) is 12.4 Å². The van der Waals surface area contributed by atoms with E-state index in [0.717, 1.165) is 19.3 Å². The number of aromatic nitrogens is 2. The van der Waals surface area contributed by atoms with Crippen LogP contribution in [0.3, 0.4) is 0 Å². The monoisotopic (exact) mass is 208 g/mol. The van der Waals surface area contributed by atoms with Crippen LogP contribution in [0.5, 0.6) is 0 Å². The average Bonchev–Trinajstić information content (AvgIpc) is 2.26. The molecule has 82 valence electrons. The van der Waals surface area contributed by atoms with Crippen LogP contribution in [0.4, 0.5) is 5.69 Å². The number of unbranched alkanes of at least 4 members (excludes halogenated alkanes) is 2. The van der Waals surface area contributed by atoms with Crippen LogP contribution in [-0.4, -0.2) is 22.4 Å². The normalized spacial score (nSPS) is 9.93. The topological polar surface area (TPSA) is 80.9 Å². The Morgan fingerprint density at radius 2 is 2.00 bits per heavy atom. The largest absolute Gasteiger partial charge is 0.330 e. The summed E-state index contributed by atoms with van der Waals surface area (Å²) in [5.41, 5.74) is 5.99. The van der Waals surface area contributed by atoms with Crippen molar-refractivity contribution in [1.82, 2.24) is 9.97 Å². The number of rotatable bonds is 6. The van der Waals surface area contributed by atoms with Crippen LogP contribution in [0.25, 0.3) is 0 Å². The summed E-state index contributed by atoms with van der Waals surface area (Å²) in [6.45, 7) is 0.689. The van der Waals surface area contributed by atoms with Crippen molar-refractivity contribution in [2.24, 2.45) is 5.73 Å². The van der Waals surface area contributed by atoms with Gasteiger partial charge >= 0.3 is 0 Å². The minimum Gasteiger partial charge on any atom is -0.330 e. The lowest BCUT2D eigenvalue weighted by molar-refractivity contribution is -0.116.